The van der Waals surface area contributed by atoms with E-state index in [1.165, 1.54) is 0 Å². The van der Waals surface area contributed by atoms with E-state index in [0.29, 0.717) is 11.3 Å². The molecule has 0 aliphatic heterocycles. The lowest BCUT2D eigenvalue weighted by Gasteiger charge is -2.16. The van der Waals surface area contributed by atoms with Crippen LogP contribution in [0, 0.1) is 25.2 Å². The molecular weight excluding hydrogens is 420 g/mol. The van der Waals surface area contributed by atoms with Gasteiger partial charge in [0.1, 0.15) is 5.69 Å². The van der Waals surface area contributed by atoms with Gasteiger partial charge in [0.05, 0.1) is 33.3 Å². The van der Waals surface area contributed by atoms with E-state index in [1.807, 2.05) is 58.2 Å². The molecule has 0 saturated carbocycles. The summed E-state index contributed by atoms with van der Waals surface area (Å²) in [6, 6.07) is 15.1. The summed E-state index contributed by atoms with van der Waals surface area (Å²) in [5, 5.41) is 21.8. The van der Waals surface area contributed by atoms with Crippen molar-refractivity contribution < 1.29 is 4.79 Å². The fourth-order valence-electron chi connectivity index (χ4n) is 3.23. The van der Waals surface area contributed by atoms with E-state index >= 15 is 0 Å². The van der Waals surface area contributed by atoms with E-state index in [9.17, 15) is 10.1 Å². The van der Waals surface area contributed by atoms with Crippen molar-refractivity contribution in [1.82, 2.24) is 20.0 Å². The molecule has 0 atom stereocenters. The van der Waals surface area contributed by atoms with Crippen molar-refractivity contribution in [3.8, 4) is 22.3 Å². The maximum atomic E-state index is 12.9. The summed E-state index contributed by atoms with van der Waals surface area (Å²) in [6.45, 7) is 7.59. The molecule has 4 rings (SSSR count). The normalized spacial score (nSPS) is 11.2. The Bertz CT molecular complexity index is 1340. The highest BCUT2D eigenvalue weighted by molar-refractivity contribution is 7.15. The molecule has 2 aromatic carbocycles. The zero-order valence-corrected chi connectivity index (χ0v) is 19.1. The number of amides is 1. The first-order valence-electron chi connectivity index (χ1n) is 10.1. The molecular formula is C24H22N6OS. The zero-order chi connectivity index (χ0) is 22.9. The van der Waals surface area contributed by atoms with Gasteiger partial charge in [-0.05, 0) is 63.1 Å². The molecule has 0 saturated heterocycles. The SMILES string of the molecule is Cc1ncc(-c2cn(-c3cc(NC(=O)c4cccc(C(C)(C)C#N)c4)ccc3C)nn2)s1. The summed E-state index contributed by atoms with van der Waals surface area (Å²) in [4.78, 5) is 18.1. The monoisotopic (exact) mass is 442 g/mol. The smallest absolute Gasteiger partial charge is 0.255 e. The van der Waals surface area contributed by atoms with Crippen molar-refractivity contribution in [2.45, 2.75) is 33.1 Å². The third kappa shape index (κ3) is 4.29. The third-order valence-corrected chi connectivity index (χ3v) is 6.14. The molecule has 1 N–H and O–H groups in total. The zero-order valence-electron chi connectivity index (χ0n) is 18.2. The number of rotatable bonds is 5. The van der Waals surface area contributed by atoms with Crippen LogP contribution in [-0.2, 0) is 5.41 Å². The molecule has 4 aromatic rings. The van der Waals surface area contributed by atoms with E-state index in [0.717, 1.165) is 32.4 Å². The van der Waals surface area contributed by atoms with E-state index in [-0.39, 0.29) is 5.91 Å². The Morgan fingerprint density at radius 2 is 2.00 bits per heavy atom. The van der Waals surface area contributed by atoms with Crippen LogP contribution in [0.3, 0.4) is 0 Å². The Kier molecular flexibility index (Phi) is 5.59. The van der Waals surface area contributed by atoms with Gasteiger partial charge in [-0.2, -0.15) is 5.26 Å². The quantitative estimate of drug-likeness (QED) is 0.466. The van der Waals surface area contributed by atoms with Crippen LogP contribution in [0.1, 0.15) is 40.3 Å². The number of hydrogen-bond acceptors (Lipinski definition) is 6. The van der Waals surface area contributed by atoms with Crippen LogP contribution < -0.4 is 5.32 Å². The summed E-state index contributed by atoms with van der Waals surface area (Å²) < 4.78 is 1.70. The lowest BCUT2D eigenvalue weighted by atomic mass is 9.85. The fourth-order valence-corrected chi connectivity index (χ4v) is 3.95. The minimum Gasteiger partial charge on any atom is -0.322 e. The highest BCUT2D eigenvalue weighted by Gasteiger charge is 2.21. The molecule has 0 bridgehead atoms. The van der Waals surface area contributed by atoms with Crippen LogP contribution in [0.2, 0.25) is 0 Å². The van der Waals surface area contributed by atoms with Gasteiger partial charge in [0, 0.05) is 17.4 Å². The molecule has 7 nitrogen and oxygen atoms in total. The Morgan fingerprint density at radius 1 is 1.19 bits per heavy atom. The lowest BCUT2D eigenvalue weighted by Crippen LogP contribution is -2.17. The summed E-state index contributed by atoms with van der Waals surface area (Å²) in [6.07, 6.45) is 3.65. The maximum absolute atomic E-state index is 12.9. The van der Waals surface area contributed by atoms with Crippen LogP contribution in [0.15, 0.2) is 54.9 Å². The minimum absolute atomic E-state index is 0.241. The van der Waals surface area contributed by atoms with Gasteiger partial charge < -0.3 is 5.32 Å². The topological polar surface area (TPSA) is 96.5 Å². The van der Waals surface area contributed by atoms with E-state index in [1.54, 1.807) is 40.4 Å². The number of nitrogens with zero attached hydrogens (tertiary/aromatic N) is 5. The summed E-state index contributed by atoms with van der Waals surface area (Å²) in [7, 11) is 0. The first-order chi connectivity index (χ1) is 15.3. The highest BCUT2D eigenvalue weighted by Crippen LogP contribution is 2.26. The second-order valence-electron chi connectivity index (χ2n) is 8.06. The van der Waals surface area contributed by atoms with Crippen LogP contribution in [0.25, 0.3) is 16.3 Å². The Morgan fingerprint density at radius 3 is 2.72 bits per heavy atom. The Balaban J connectivity index is 1.59. The molecule has 2 heterocycles. The summed E-state index contributed by atoms with van der Waals surface area (Å²) in [5.41, 5.74) is 3.84. The molecule has 8 heteroatoms. The Hall–Kier alpha value is -3.83. The number of nitrogens with one attached hydrogen (secondary N) is 1. The second kappa shape index (κ2) is 8.36. The van der Waals surface area contributed by atoms with Gasteiger partial charge in [0.25, 0.3) is 5.91 Å². The summed E-state index contributed by atoms with van der Waals surface area (Å²) in [5.74, 6) is -0.241. The number of nitriles is 1. The number of carbonyl (C=O) groups is 1. The van der Waals surface area contributed by atoms with Crippen molar-refractivity contribution in [2.24, 2.45) is 0 Å². The van der Waals surface area contributed by atoms with E-state index in [4.69, 9.17) is 0 Å². The van der Waals surface area contributed by atoms with Crippen molar-refractivity contribution in [1.29, 1.82) is 5.26 Å². The van der Waals surface area contributed by atoms with Crippen LogP contribution in [0.5, 0.6) is 0 Å². The number of aromatic nitrogens is 4. The molecule has 1 amide bonds. The van der Waals surface area contributed by atoms with Gasteiger partial charge in [-0.15, -0.1) is 16.4 Å². The number of carbonyl (C=O) groups excluding carboxylic acids is 1. The van der Waals surface area contributed by atoms with Crippen molar-refractivity contribution in [3.63, 3.8) is 0 Å². The van der Waals surface area contributed by atoms with Gasteiger partial charge in [-0.1, -0.05) is 23.4 Å². The first kappa shape index (κ1) is 21.4. The number of hydrogen-bond donors (Lipinski definition) is 1. The van der Waals surface area contributed by atoms with Crippen molar-refractivity contribution in [2.75, 3.05) is 5.32 Å². The van der Waals surface area contributed by atoms with Crippen LogP contribution in [0.4, 0.5) is 5.69 Å². The van der Waals surface area contributed by atoms with Crippen LogP contribution >= 0.6 is 11.3 Å². The molecule has 32 heavy (non-hydrogen) atoms. The molecule has 0 radical (unpaired) electrons. The molecule has 0 spiro atoms. The van der Waals surface area contributed by atoms with Gasteiger partial charge >= 0.3 is 0 Å². The maximum Gasteiger partial charge on any atom is 0.255 e. The largest absolute Gasteiger partial charge is 0.322 e. The molecule has 0 aliphatic rings. The number of benzene rings is 2. The van der Waals surface area contributed by atoms with Crippen molar-refractivity contribution in [3.05, 3.63) is 76.6 Å². The predicted molar refractivity (Wildman–Crippen MR) is 125 cm³/mol. The average Bonchev–Trinajstić information content (AvgIpc) is 3.44. The number of thiazole rings is 1. The molecule has 160 valence electrons. The molecule has 0 fully saturated rings. The predicted octanol–water partition coefficient (Wildman–Crippen LogP) is 5.06. The number of anilines is 1. The number of aryl methyl sites for hydroxylation is 2. The average molecular weight is 443 g/mol. The van der Waals surface area contributed by atoms with Crippen molar-refractivity contribution >= 4 is 22.9 Å². The highest BCUT2D eigenvalue weighted by atomic mass is 32.1. The Labute approximate surface area is 190 Å². The molecule has 0 aliphatic carbocycles. The van der Waals surface area contributed by atoms with Crippen LogP contribution in [-0.4, -0.2) is 25.9 Å². The fraction of sp³-hybridized carbons (Fsp3) is 0.208. The van der Waals surface area contributed by atoms with E-state index < -0.39 is 5.41 Å². The van der Waals surface area contributed by atoms with Gasteiger partial charge in [0.2, 0.25) is 0 Å². The summed E-state index contributed by atoms with van der Waals surface area (Å²) >= 11 is 1.56. The first-order valence-corrected chi connectivity index (χ1v) is 10.9. The van der Waals surface area contributed by atoms with Gasteiger partial charge in [0.15, 0.2) is 0 Å². The van der Waals surface area contributed by atoms with E-state index in [2.05, 4.69) is 26.7 Å². The molecule has 2 aromatic heterocycles. The second-order valence-corrected chi connectivity index (χ2v) is 9.30. The molecule has 0 unspecified atom stereocenters. The standard InChI is InChI=1S/C24H22N6OS/c1-15-8-9-19(27-23(31)17-6-5-7-18(10-17)24(3,4)14-25)11-21(15)30-13-20(28-29-30)22-12-26-16(2)32-22/h5-13H,1-4H3,(H,27,31). The minimum atomic E-state index is -0.672. The van der Waals surface area contributed by atoms with Gasteiger partial charge in [-0.25, -0.2) is 9.67 Å². The van der Waals surface area contributed by atoms with Gasteiger partial charge in [-0.3, -0.25) is 4.79 Å². The third-order valence-electron chi connectivity index (χ3n) is 5.21. The lowest BCUT2D eigenvalue weighted by molar-refractivity contribution is 0.102.